The van der Waals surface area contributed by atoms with E-state index in [0.717, 1.165) is 25.7 Å². The van der Waals surface area contributed by atoms with Gasteiger partial charge >= 0.3 is 6.03 Å². The number of hydrogen-bond donors (Lipinski definition) is 4. The molecule has 2 amide bonds. The summed E-state index contributed by atoms with van der Waals surface area (Å²) in [6.07, 6.45) is 4.87. The third kappa shape index (κ3) is 6.80. The van der Waals surface area contributed by atoms with Crippen LogP contribution in [0.3, 0.4) is 0 Å². The number of nitrogens with one attached hydrogen (secondary N) is 3. The number of carbonyl (C=O) groups excluding carboxylic acids is 1. The number of hydrogen-bond acceptors (Lipinski definition) is 7. The van der Waals surface area contributed by atoms with Crippen LogP contribution in [0.1, 0.15) is 25.7 Å². The van der Waals surface area contributed by atoms with Crippen molar-refractivity contribution in [2.45, 2.75) is 25.7 Å². The maximum atomic E-state index is 13.5. The van der Waals surface area contributed by atoms with Crippen LogP contribution in [-0.4, -0.2) is 41.5 Å². The summed E-state index contributed by atoms with van der Waals surface area (Å²) in [6.45, 7) is 0.969. The van der Waals surface area contributed by atoms with Crippen LogP contribution in [0.5, 0.6) is 11.5 Å². The molecule has 0 bridgehead atoms. The maximum absolute atomic E-state index is 13.5. The molecular weight excluding hydrogens is 453 g/mol. The number of anilines is 2. The molecule has 2 aromatic carbocycles. The van der Waals surface area contributed by atoms with Crippen LogP contribution in [0, 0.1) is 5.82 Å². The number of nitrogens with zero attached hydrogens (tertiary/aromatic N) is 2. The molecule has 3 aromatic rings. The summed E-state index contributed by atoms with van der Waals surface area (Å²) in [4.78, 5) is 19.5. The molecule has 0 unspecified atom stereocenters. The van der Waals surface area contributed by atoms with Crippen molar-refractivity contribution >= 4 is 40.0 Å². The molecule has 0 atom stereocenters. The molecule has 0 aliphatic rings. The van der Waals surface area contributed by atoms with Crippen molar-refractivity contribution in [3.05, 3.63) is 47.5 Å². The second-order valence-electron chi connectivity index (χ2n) is 7.13. The Kier molecular flexibility index (Phi) is 8.85. The molecule has 11 heteroatoms. The van der Waals surface area contributed by atoms with Crippen molar-refractivity contribution in [1.29, 1.82) is 0 Å². The first-order valence-electron chi connectivity index (χ1n) is 10.4. The quantitative estimate of drug-likeness (QED) is 0.178. The summed E-state index contributed by atoms with van der Waals surface area (Å²) in [7, 11) is 1.56. The Morgan fingerprint density at radius 2 is 1.94 bits per heavy atom. The van der Waals surface area contributed by atoms with Gasteiger partial charge in [0, 0.05) is 23.7 Å². The average Bonchev–Trinajstić information content (AvgIpc) is 2.82. The smallest absolute Gasteiger partial charge is 0.338 e. The van der Waals surface area contributed by atoms with Gasteiger partial charge in [0.15, 0.2) is 11.5 Å². The van der Waals surface area contributed by atoms with E-state index in [1.807, 2.05) is 0 Å². The van der Waals surface area contributed by atoms with E-state index in [2.05, 4.69) is 20.6 Å². The number of rotatable bonds is 11. The highest BCUT2D eigenvalue weighted by atomic mass is 35.5. The first-order valence-corrected chi connectivity index (χ1v) is 10.7. The molecule has 33 heavy (non-hydrogen) atoms. The van der Waals surface area contributed by atoms with Crippen molar-refractivity contribution in [2.24, 2.45) is 0 Å². The third-order valence-electron chi connectivity index (χ3n) is 4.82. The number of hydroxylamine groups is 1. The minimum Gasteiger partial charge on any atom is -0.493 e. The molecular formula is C22H25ClFN5O4. The summed E-state index contributed by atoms with van der Waals surface area (Å²) in [5, 5.41) is 14.8. The van der Waals surface area contributed by atoms with Gasteiger partial charge in [-0.05, 0) is 37.1 Å². The Hall–Kier alpha value is -3.37. The van der Waals surface area contributed by atoms with Crippen LogP contribution >= 0.6 is 11.6 Å². The van der Waals surface area contributed by atoms with E-state index in [9.17, 15) is 9.18 Å². The maximum Gasteiger partial charge on any atom is 0.338 e. The van der Waals surface area contributed by atoms with Gasteiger partial charge in [0.1, 0.15) is 18.0 Å². The van der Waals surface area contributed by atoms with Gasteiger partial charge in [-0.1, -0.05) is 24.4 Å². The number of benzene rings is 2. The Bertz CT molecular complexity index is 1100. The molecule has 0 saturated heterocycles. The predicted molar refractivity (Wildman–Crippen MR) is 123 cm³/mol. The van der Waals surface area contributed by atoms with Crippen molar-refractivity contribution in [2.75, 3.05) is 25.6 Å². The van der Waals surface area contributed by atoms with Crippen molar-refractivity contribution in [3.63, 3.8) is 0 Å². The number of fused-ring (bicyclic) bond motifs is 1. The average molecular weight is 478 g/mol. The van der Waals surface area contributed by atoms with Gasteiger partial charge in [0.05, 0.1) is 24.3 Å². The predicted octanol–water partition coefficient (Wildman–Crippen LogP) is 4.80. The summed E-state index contributed by atoms with van der Waals surface area (Å²) >= 11 is 5.88. The number of ether oxygens (including phenoxy) is 2. The molecule has 1 aromatic heterocycles. The van der Waals surface area contributed by atoms with Gasteiger partial charge in [-0.2, -0.15) is 0 Å². The topological polar surface area (TPSA) is 118 Å². The lowest BCUT2D eigenvalue weighted by atomic mass is 10.2. The van der Waals surface area contributed by atoms with Gasteiger partial charge < -0.3 is 20.1 Å². The molecule has 0 spiro atoms. The molecule has 176 valence electrons. The van der Waals surface area contributed by atoms with E-state index in [4.69, 9.17) is 26.3 Å². The van der Waals surface area contributed by atoms with Crippen molar-refractivity contribution in [3.8, 4) is 11.5 Å². The van der Waals surface area contributed by atoms with Crippen molar-refractivity contribution < 1.29 is 23.9 Å². The summed E-state index contributed by atoms with van der Waals surface area (Å²) in [6, 6.07) is 7.30. The normalized spacial score (nSPS) is 10.7. The molecule has 0 radical (unpaired) electrons. The second kappa shape index (κ2) is 12.0. The van der Waals surface area contributed by atoms with Gasteiger partial charge in [0.25, 0.3) is 0 Å². The van der Waals surface area contributed by atoms with Gasteiger partial charge in [-0.3, -0.25) is 5.21 Å². The van der Waals surface area contributed by atoms with E-state index >= 15 is 0 Å². The Morgan fingerprint density at radius 1 is 1.12 bits per heavy atom. The van der Waals surface area contributed by atoms with Crippen LogP contribution in [0.25, 0.3) is 10.9 Å². The summed E-state index contributed by atoms with van der Waals surface area (Å²) < 4.78 is 24.9. The largest absolute Gasteiger partial charge is 0.493 e. The number of unbranched alkanes of at least 4 members (excludes halogenated alkanes) is 3. The van der Waals surface area contributed by atoms with Gasteiger partial charge in [0.2, 0.25) is 0 Å². The van der Waals surface area contributed by atoms with Gasteiger partial charge in [-0.25, -0.2) is 24.6 Å². The van der Waals surface area contributed by atoms with E-state index < -0.39 is 11.8 Å². The van der Waals surface area contributed by atoms with Crippen LogP contribution < -0.4 is 25.6 Å². The zero-order chi connectivity index (χ0) is 23.6. The fourth-order valence-electron chi connectivity index (χ4n) is 3.15. The van der Waals surface area contributed by atoms with Crippen LogP contribution in [0.15, 0.2) is 36.7 Å². The zero-order valence-corrected chi connectivity index (χ0v) is 18.8. The number of urea groups is 1. The first-order chi connectivity index (χ1) is 16.0. The molecule has 0 aliphatic carbocycles. The lowest BCUT2D eigenvalue weighted by Crippen LogP contribution is -2.33. The number of carbonyl (C=O) groups is 1. The van der Waals surface area contributed by atoms with Crippen LogP contribution in [-0.2, 0) is 0 Å². The molecule has 3 rings (SSSR count). The Morgan fingerprint density at radius 3 is 2.70 bits per heavy atom. The highest BCUT2D eigenvalue weighted by Crippen LogP contribution is 2.35. The Balaban J connectivity index is 1.63. The molecule has 0 aliphatic heterocycles. The van der Waals surface area contributed by atoms with E-state index in [1.54, 1.807) is 25.3 Å². The van der Waals surface area contributed by atoms with Crippen molar-refractivity contribution in [1.82, 2.24) is 20.8 Å². The highest BCUT2D eigenvalue weighted by Gasteiger charge is 2.12. The molecule has 0 fully saturated rings. The summed E-state index contributed by atoms with van der Waals surface area (Å²) in [5.74, 6) is 1.13. The van der Waals surface area contributed by atoms with E-state index in [-0.39, 0.29) is 5.02 Å². The minimum atomic E-state index is -0.609. The minimum absolute atomic E-state index is 0.0106. The molecule has 1 heterocycles. The zero-order valence-electron chi connectivity index (χ0n) is 18.0. The fourth-order valence-corrected chi connectivity index (χ4v) is 3.33. The number of amides is 2. The first kappa shape index (κ1) is 24.3. The van der Waals surface area contributed by atoms with E-state index in [0.29, 0.717) is 47.1 Å². The standard InChI is InChI=1S/C22H25ClFN5O4/c1-32-19-12-18-15(11-20(19)33-9-5-3-2-4-8-25-22(30)29-31)21(27-13-26-18)28-14-6-7-17(24)16(23)10-14/h6-7,10-13,31H,2-5,8-9H2,1H3,(H2,25,29,30)(H,26,27,28). The fraction of sp³-hybridized carbons (Fsp3) is 0.318. The third-order valence-corrected chi connectivity index (χ3v) is 5.11. The number of halogens is 2. The number of aromatic nitrogens is 2. The van der Waals surface area contributed by atoms with Crippen LogP contribution in [0.4, 0.5) is 20.7 Å². The lowest BCUT2D eigenvalue weighted by molar-refractivity contribution is 0.161. The number of methoxy groups -OCH3 is 1. The molecule has 9 nitrogen and oxygen atoms in total. The SMILES string of the molecule is COc1cc2ncnc(Nc3ccc(F)c(Cl)c3)c2cc1OCCCCCCNC(=O)NO. The van der Waals surface area contributed by atoms with Crippen LogP contribution in [0.2, 0.25) is 5.02 Å². The Labute approximate surface area is 195 Å². The highest BCUT2D eigenvalue weighted by molar-refractivity contribution is 6.31. The second-order valence-corrected chi connectivity index (χ2v) is 7.53. The lowest BCUT2D eigenvalue weighted by Gasteiger charge is -2.14. The van der Waals surface area contributed by atoms with E-state index in [1.165, 1.54) is 23.9 Å². The molecule has 0 saturated carbocycles. The van der Waals surface area contributed by atoms with Gasteiger partial charge in [-0.15, -0.1) is 0 Å². The summed E-state index contributed by atoms with van der Waals surface area (Å²) in [5.41, 5.74) is 2.77. The molecule has 4 N–H and O–H groups in total. The monoisotopic (exact) mass is 477 g/mol.